The first-order valence-electron chi connectivity index (χ1n) is 9.61. The number of hydrogen-bond donors (Lipinski definition) is 1. The number of carbonyl (C=O) groups is 1. The number of amides is 1. The van der Waals surface area contributed by atoms with Gasteiger partial charge < -0.3 is 9.30 Å². The van der Waals surface area contributed by atoms with Crippen molar-refractivity contribution in [3.63, 3.8) is 0 Å². The number of rotatable bonds is 6. The molecule has 0 saturated carbocycles. The van der Waals surface area contributed by atoms with E-state index >= 15 is 0 Å². The number of ether oxygens (including phenoxy) is 1. The minimum atomic E-state index is -0.281. The molecule has 1 amide bonds. The summed E-state index contributed by atoms with van der Waals surface area (Å²) < 4.78 is 7.66. The molecule has 1 N–H and O–H groups in total. The van der Waals surface area contributed by atoms with E-state index in [1.54, 1.807) is 37.9 Å². The van der Waals surface area contributed by atoms with E-state index in [0.29, 0.717) is 5.56 Å². The fraction of sp³-hybridized carbons (Fsp3) is 0.125. The van der Waals surface area contributed by atoms with Crippen molar-refractivity contribution in [3.8, 4) is 5.75 Å². The first kappa shape index (κ1) is 19.4. The number of methoxy groups -OCH3 is 1. The van der Waals surface area contributed by atoms with Crippen LogP contribution in [0.5, 0.6) is 5.75 Å². The highest BCUT2D eigenvalue weighted by atomic mass is 16.5. The molecule has 0 fully saturated rings. The van der Waals surface area contributed by atoms with Crippen molar-refractivity contribution in [1.82, 2.24) is 15.0 Å². The van der Waals surface area contributed by atoms with Gasteiger partial charge in [0.1, 0.15) is 5.75 Å². The molecule has 0 spiro atoms. The molecule has 4 aromatic rings. The lowest BCUT2D eigenvalue weighted by Crippen LogP contribution is -2.17. The molecule has 0 aliphatic carbocycles. The summed E-state index contributed by atoms with van der Waals surface area (Å²) in [5.41, 5.74) is 7.39. The zero-order chi connectivity index (χ0) is 20.9. The highest BCUT2D eigenvalue weighted by molar-refractivity contribution is 6.02. The number of hydrazone groups is 1. The number of carbonyl (C=O) groups excluding carboxylic acids is 1. The van der Waals surface area contributed by atoms with Crippen molar-refractivity contribution < 1.29 is 9.53 Å². The number of fused-ring (bicyclic) bond motifs is 1. The minimum Gasteiger partial charge on any atom is -0.497 e. The first-order valence-corrected chi connectivity index (χ1v) is 9.61. The Morgan fingerprint density at radius 2 is 1.90 bits per heavy atom. The molecule has 6 nitrogen and oxygen atoms in total. The molecule has 150 valence electrons. The van der Waals surface area contributed by atoms with Crippen LogP contribution in [0.25, 0.3) is 10.9 Å². The van der Waals surface area contributed by atoms with E-state index in [-0.39, 0.29) is 5.91 Å². The summed E-state index contributed by atoms with van der Waals surface area (Å²) in [4.78, 5) is 16.2. The van der Waals surface area contributed by atoms with Crippen LogP contribution in [0.15, 0.2) is 78.2 Å². The number of hydrogen-bond acceptors (Lipinski definition) is 4. The van der Waals surface area contributed by atoms with E-state index in [4.69, 9.17) is 4.74 Å². The van der Waals surface area contributed by atoms with Crippen LogP contribution in [-0.2, 0) is 6.54 Å². The standard InChI is InChI=1S/C24H22N4O2/c1-17-22(15-26-27-24(29)19-10-12-25-13-11-19)21-14-20(30-2)8-9-23(21)28(17)16-18-6-4-3-5-7-18/h3-15H,16H2,1-2H3,(H,27,29)/b26-15+. The largest absolute Gasteiger partial charge is 0.497 e. The van der Waals surface area contributed by atoms with Crippen LogP contribution in [0.2, 0.25) is 0 Å². The monoisotopic (exact) mass is 398 g/mol. The lowest BCUT2D eigenvalue weighted by molar-refractivity contribution is 0.0955. The minimum absolute atomic E-state index is 0.281. The number of benzene rings is 2. The van der Waals surface area contributed by atoms with E-state index in [2.05, 4.69) is 45.2 Å². The Balaban J connectivity index is 1.69. The second kappa shape index (κ2) is 8.61. The zero-order valence-electron chi connectivity index (χ0n) is 16.9. The molecule has 4 rings (SSSR count). The second-order valence-electron chi connectivity index (χ2n) is 6.89. The molecule has 0 aliphatic heterocycles. The van der Waals surface area contributed by atoms with Gasteiger partial charge in [-0.3, -0.25) is 9.78 Å². The maximum Gasteiger partial charge on any atom is 0.271 e. The van der Waals surface area contributed by atoms with Gasteiger partial charge in [-0.05, 0) is 42.8 Å². The zero-order valence-corrected chi connectivity index (χ0v) is 16.9. The van der Waals surface area contributed by atoms with Gasteiger partial charge >= 0.3 is 0 Å². The van der Waals surface area contributed by atoms with Crippen LogP contribution in [0.4, 0.5) is 0 Å². The molecular formula is C24H22N4O2. The molecule has 0 bridgehead atoms. The quantitative estimate of drug-likeness (QED) is 0.392. The third-order valence-electron chi connectivity index (χ3n) is 5.07. The molecule has 0 saturated heterocycles. The normalized spacial score (nSPS) is 11.1. The highest BCUT2D eigenvalue weighted by Crippen LogP contribution is 2.29. The van der Waals surface area contributed by atoms with Gasteiger partial charge in [0.2, 0.25) is 0 Å². The van der Waals surface area contributed by atoms with Crippen molar-refractivity contribution in [2.24, 2.45) is 5.10 Å². The van der Waals surface area contributed by atoms with Crippen LogP contribution in [0.1, 0.15) is 27.2 Å². The molecule has 0 radical (unpaired) electrons. The molecule has 2 heterocycles. The SMILES string of the molecule is COc1ccc2c(c1)c(/C=N/NC(=O)c1ccncc1)c(C)n2Cc1ccccc1. The summed E-state index contributed by atoms with van der Waals surface area (Å²) >= 11 is 0. The summed E-state index contributed by atoms with van der Waals surface area (Å²) in [6.07, 6.45) is 4.84. The van der Waals surface area contributed by atoms with Gasteiger partial charge in [-0.15, -0.1) is 0 Å². The topological polar surface area (TPSA) is 68.5 Å². The molecular weight excluding hydrogens is 376 g/mol. The lowest BCUT2D eigenvalue weighted by atomic mass is 10.1. The van der Waals surface area contributed by atoms with E-state index in [1.807, 2.05) is 30.3 Å². The summed E-state index contributed by atoms with van der Waals surface area (Å²) in [5.74, 6) is 0.492. The van der Waals surface area contributed by atoms with Gasteiger partial charge in [0, 0.05) is 46.7 Å². The fourth-order valence-electron chi connectivity index (χ4n) is 3.47. The Labute approximate surface area is 174 Å². The average molecular weight is 398 g/mol. The van der Waals surface area contributed by atoms with Crippen LogP contribution < -0.4 is 10.2 Å². The third kappa shape index (κ3) is 3.93. The number of aromatic nitrogens is 2. The predicted molar refractivity (Wildman–Crippen MR) is 118 cm³/mol. The van der Waals surface area contributed by atoms with E-state index in [0.717, 1.165) is 34.5 Å². The summed E-state index contributed by atoms with van der Waals surface area (Å²) in [5, 5.41) is 5.22. The van der Waals surface area contributed by atoms with Gasteiger partial charge in [-0.25, -0.2) is 5.43 Å². The molecule has 30 heavy (non-hydrogen) atoms. The van der Waals surface area contributed by atoms with Gasteiger partial charge in [-0.1, -0.05) is 30.3 Å². The van der Waals surface area contributed by atoms with Crippen molar-refractivity contribution in [1.29, 1.82) is 0 Å². The van der Waals surface area contributed by atoms with E-state index in [1.165, 1.54) is 5.56 Å². The predicted octanol–water partition coefficient (Wildman–Crippen LogP) is 4.17. The summed E-state index contributed by atoms with van der Waals surface area (Å²) in [6, 6.07) is 19.6. The molecule has 0 aliphatic rings. The smallest absolute Gasteiger partial charge is 0.271 e. The highest BCUT2D eigenvalue weighted by Gasteiger charge is 2.14. The Morgan fingerprint density at radius 3 is 2.63 bits per heavy atom. The van der Waals surface area contributed by atoms with E-state index in [9.17, 15) is 4.79 Å². The van der Waals surface area contributed by atoms with Crippen LogP contribution >= 0.6 is 0 Å². The van der Waals surface area contributed by atoms with Crippen LogP contribution in [-0.4, -0.2) is 28.8 Å². The Bertz CT molecular complexity index is 1200. The fourth-order valence-corrected chi connectivity index (χ4v) is 3.47. The number of pyridine rings is 1. The van der Waals surface area contributed by atoms with E-state index < -0.39 is 0 Å². The molecule has 6 heteroatoms. The summed E-state index contributed by atoms with van der Waals surface area (Å²) in [6.45, 7) is 2.80. The lowest BCUT2D eigenvalue weighted by Gasteiger charge is -2.09. The van der Waals surface area contributed by atoms with Gasteiger partial charge in [0.15, 0.2) is 0 Å². The maximum atomic E-state index is 12.3. The second-order valence-corrected chi connectivity index (χ2v) is 6.89. The van der Waals surface area contributed by atoms with Crippen LogP contribution in [0.3, 0.4) is 0 Å². The molecule has 0 atom stereocenters. The molecule has 0 unspecified atom stereocenters. The maximum absolute atomic E-state index is 12.3. The Morgan fingerprint density at radius 1 is 1.13 bits per heavy atom. The van der Waals surface area contributed by atoms with Gasteiger partial charge in [0.25, 0.3) is 5.91 Å². The van der Waals surface area contributed by atoms with Gasteiger partial charge in [0.05, 0.1) is 13.3 Å². The van der Waals surface area contributed by atoms with Crippen molar-refractivity contribution in [2.75, 3.05) is 7.11 Å². The summed E-state index contributed by atoms with van der Waals surface area (Å²) in [7, 11) is 1.65. The van der Waals surface area contributed by atoms with Crippen molar-refractivity contribution >= 4 is 23.0 Å². The van der Waals surface area contributed by atoms with Crippen LogP contribution in [0, 0.1) is 6.92 Å². The Kier molecular flexibility index (Phi) is 5.57. The van der Waals surface area contributed by atoms with Crippen molar-refractivity contribution in [3.05, 3.63) is 95.4 Å². The Hall–Kier alpha value is -3.93. The van der Waals surface area contributed by atoms with Crippen molar-refractivity contribution in [2.45, 2.75) is 13.5 Å². The number of nitrogens with zero attached hydrogens (tertiary/aromatic N) is 3. The average Bonchev–Trinajstić information content (AvgIpc) is 3.05. The molecule has 2 aromatic heterocycles. The third-order valence-corrected chi connectivity index (χ3v) is 5.07. The first-order chi connectivity index (χ1) is 14.7. The van der Waals surface area contributed by atoms with Gasteiger partial charge in [-0.2, -0.15) is 5.10 Å². The molecule has 2 aromatic carbocycles. The number of nitrogens with one attached hydrogen (secondary N) is 1.